The van der Waals surface area contributed by atoms with E-state index in [1.807, 2.05) is 0 Å². The molecular weight excluding hydrogens is 126 g/mol. The first-order valence-corrected chi connectivity index (χ1v) is 1.72. The van der Waals surface area contributed by atoms with Crippen molar-refractivity contribution in [3.8, 4) is 0 Å². The zero-order chi connectivity index (χ0) is 4.50. The van der Waals surface area contributed by atoms with Gasteiger partial charge in [0.2, 0.25) is 0 Å². The van der Waals surface area contributed by atoms with Crippen LogP contribution in [0.5, 0.6) is 0 Å². The summed E-state index contributed by atoms with van der Waals surface area (Å²) in [4.78, 5) is 0. The minimum absolute atomic E-state index is 0. The zero-order valence-electron chi connectivity index (χ0n) is 7.95. The van der Waals surface area contributed by atoms with E-state index in [2.05, 4.69) is 0 Å². The maximum absolute atomic E-state index is 8.52. The van der Waals surface area contributed by atoms with Gasteiger partial charge in [-0.25, -0.2) is 0 Å². The van der Waals surface area contributed by atoms with Gasteiger partial charge < -0.3 is 7.96 Å². The molecule has 0 radical (unpaired) electrons. The first-order valence-electron chi connectivity index (χ1n) is 1.72. The predicted molar refractivity (Wildman–Crippen MR) is 24.2 cm³/mol. The van der Waals surface area contributed by atoms with E-state index in [1.165, 1.54) is 0 Å². The Morgan fingerprint density at radius 3 is 1.29 bits per heavy atom. The van der Waals surface area contributed by atoms with Crippen LogP contribution in [0.25, 0.3) is 0 Å². The summed E-state index contributed by atoms with van der Waals surface area (Å²) in [5, 5.41) is 8.52. The molecule has 0 unspecified atom stereocenters. The van der Waals surface area contributed by atoms with Gasteiger partial charge in [-0.15, -0.1) is 0 Å². The number of hydrogen-bond donors (Lipinski definition) is 1. The molecule has 36 valence electrons. The van der Waals surface area contributed by atoms with Crippen LogP contribution in [-0.4, -0.2) is 10.7 Å². The van der Waals surface area contributed by atoms with Gasteiger partial charge in [0.15, 0.2) is 0 Å². The SMILES string of the molecule is CC(C)(C)O.[H-].[H-].[K+].[Na+]. The third-order valence-corrected chi connectivity index (χ3v) is 0. The van der Waals surface area contributed by atoms with Crippen molar-refractivity contribution < 1.29 is 88.9 Å². The molecule has 3 heteroatoms. The molecule has 0 fully saturated rings. The van der Waals surface area contributed by atoms with Gasteiger partial charge in [0, 0.05) is 0 Å². The summed E-state index contributed by atoms with van der Waals surface area (Å²) < 4.78 is 0. The molecule has 0 aliphatic carbocycles. The van der Waals surface area contributed by atoms with Crippen molar-refractivity contribution in [3.05, 3.63) is 0 Å². The summed E-state index contributed by atoms with van der Waals surface area (Å²) in [6.07, 6.45) is 0. The second-order valence-electron chi connectivity index (χ2n) is 2.17. The maximum atomic E-state index is 8.52. The van der Waals surface area contributed by atoms with E-state index in [1.54, 1.807) is 20.8 Å². The molecule has 1 nitrogen and oxygen atoms in total. The molecule has 7 heavy (non-hydrogen) atoms. The van der Waals surface area contributed by atoms with Crippen molar-refractivity contribution in [2.24, 2.45) is 0 Å². The third-order valence-electron chi connectivity index (χ3n) is 0. The molecule has 0 saturated carbocycles. The van der Waals surface area contributed by atoms with Crippen molar-refractivity contribution in [2.45, 2.75) is 26.4 Å². The number of aliphatic hydroxyl groups is 1. The van der Waals surface area contributed by atoms with Crippen LogP contribution < -0.4 is 80.9 Å². The average Bonchev–Trinajstić information content (AvgIpc) is 0.722. The largest absolute Gasteiger partial charge is 1.00 e. The van der Waals surface area contributed by atoms with Gasteiger partial charge in [0.05, 0.1) is 5.60 Å². The van der Waals surface area contributed by atoms with E-state index in [0.29, 0.717) is 0 Å². The van der Waals surface area contributed by atoms with Crippen LogP contribution in [0, 0.1) is 0 Å². The smallest absolute Gasteiger partial charge is 1.00 e. The van der Waals surface area contributed by atoms with Gasteiger partial charge in [-0.2, -0.15) is 0 Å². The normalized spacial score (nSPS) is 8.57. The minimum Gasteiger partial charge on any atom is -1.00 e. The van der Waals surface area contributed by atoms with E-state index in [9.17, 15) is 0 Å². The summed E-state index contributed by atoms with van der Waals surface area (Å²) in [6.45, 7) is 5.23. The molecule has 0 heterocycles. The van der Waals surface area contributed by atoms with Gasteiger partial charge in [0.1, 0.15) is 0 Å². The summed E-state index contributed by atoms with van der Waals surface area (Å²) >= 11 is 0. The first-order chi connectivity index (χ1) is 2.00. The third kappa shape index (κ3) is 55.5. The van der Waals surface area contributed by atoms with Crippen molar-refractivity contribution >= 4 is 0 Å². The van der Waals surface area contributed by atoms with E-state index < -0.39 is 5.60 Å². The molecule has 0 bridgehead atoms. The Morgan fingerprint density at radius 1 is 1.29 bits per heavy atom. The van der Waals surface area contributed by atoms with Crippen molar-refractivity contribution in [1.82, 2.24) is 0 Å². The molecule has 0 spiro atoms. The molecule has 0 saturated heterocycles. The summed E-state index contributed by atoms with van der Waals surface area (Å²) in [6, 6.07) is 0. The topological polar surface area (TPSA) is 20.2 Å². The molecule has 0 aliphatic heterocycles. The van der Waals surface area contributed by atoms with Crippen LogP contribution in [0.2, 0.25) is 0 Å². The second kappa shape index (κ2) is 6.71. The van der Waals surface area contributed by atoms with Gasteiger partial charge in [0.25, 0.3) is 0 Å². The van der Waals surface area contributed by atoms with Crippen molar-refractivity contribution in [2.75, 3.05) is 0 Å². The zero-order valence-corrected chi connectivity index (χ0v) is 11.1. The number of hydrogen-bond acceptors (Lipinski definition) is 1. The summed E-state index contributed by atoms with van der Waals surface area (Å²) in [5.41, 5.74) is -0.500. The molecule has 0 rings (SSSR count). The molecule has 1 N–H and O–H groups in total. The van der Waals surface area contributed by atoms with Crippen molar-refractivity contribution in [1.29, 1.82) is 0 Å². The Labute approximate surface area is 113 Å². The summed E-state index contributed by atoms with van der Waals surface area (Å²) in [7, 11) is 0. The monoisotopic (exact) mass is 138 g/mol. The fourth-order valence-corrected chi connectivity index (χ4v) is 0. The van der Waals surface area contributed by atoms with Gasteiger partial charge in [-0.1, -0.05) is 0 Å². The van der Waals surface area contributed by atoms with Crippen LogP contribution in [0.15, 0.2) is 0 Å². The van der Waals surface area contributed by atoms with E-state index >= 15 is 0 Å². The van der Waals surface area contributed by atoms with E-state index in [0.717, 1.165) is 0 Å². The van der Waals surface area contributed by atoms with Crippen LogP contribution in [0.1, 0.15) is 23.6 Å². The Bertz CT molecular complexity index is 34.0. The van der Waals surface area contributed by atoms with Gasteiger partial charge >= 0.3 is 80.9 Å². The Morgan fingerprint density at radius 2 is 1.29 bits per heavy atom. The Hall–Kier alpha value is 2.60. The van der Waals surface area contributed by atoms with Crippen LogP contribution in [0.3, 0.4) is 0 Å². The molecule has 0 aromatic heterocycles. The number of rotatable bonds is 0. The molecule has 0 aromatic carbocycles. The Balaban J connectivity index is -0.0000000133. The quantitative estimate of drug-likeness (QED) is 0.332. The van der Waals surface area contributed by atoms with Crippen LogP contribution in [0.4, 0.5) is 0 Å². The molecule has 0 atom stereocenters. The fourth-order valence-electron chi connectivity index (χ4n) is 0. The fraction of sp³-hybridized carbons (Fsp3) is 1.00. The van der Waals surface area contributed by atoms with Crippen LogP contribution in [-0.2, 0) is 0 Å². The predicted octanol–water partition coefficient (Wildman–Crippen LogP) is -4.99. The van der Waals surface area contributed by atoms with Crippen LogP contribution >= 0.6 is 0 Å². The minimum atomic E-state index is -0.500. The molecular formula is C4H12KNaO. The second-order valence-corrected chi connectivity index (χ2v) is 2.17. The first kappa shape index (κ1) is 16.3. The Kier molecular flexibility index (Phi) is 15.6. The molecule has 0 aromatic rings. The van der Waals surface area contributed by atoms with E-state index in [-0.39, 0.29) is 83.8 Å². The standard InChI is InChI=1S/C4H10O.K.Na.2H/c1-4(2,3)5;;;;/h5H,1-3H3;;;;/q;2*+1;2*-1. The van der Waals surface area contributed by atoms with Gasteiger partial charge in [-0.3, -0.25) is 0 Å². The van der Waals surface area contributed by atoms with Crippen molar-refractivity contribution in [3.63, 3.8) is 0 Å². The average molecular weight is 138 g/mol. The van der Waals surface area contributed by atoms with Gasteiger partial charge in [-0.05, 0) is 20.8 Å². The molecule has 0 aliphatic rings. The maximum Gasteiger partial charge on any atom is 1.00 e. The van der Waals surface area contributed by atoms with E-state index in [4.69, 9.17) is 5.11 Å². The molecule has 0 amide bonds. The summed E-state index contributed by atoms with van der Waals surface area (Å²) in [5.74, 6) is 0.